The second-order valence-corrected chi connectivity index (χ2v) is 6.56. The third kappa shape index (κ3) is 4.60. The van der Waals surface area contributed by atoms with E-state index < -0.39 is 10.8 Å². The topological polar surface area (TPSA) is 101 Å². The van der Waals surface area contributed by atoms with Crippen molar-refractivity contribution in [3.63, 3.8) is 0 Å². The van der Waals surface area contributed by atoms with Gasteiger partial charge in [-0.1, -0.05) is 27.3 Å². The molecule has 0 saturated carbocycles. The molecule has 2 rings (SSSR count). The zero-order chi connectivity index (χ0) is 17.0. The summed E-state index contributed by atoms with van der Waals surface area (Å²) < 4.78 is 0.903. The fraction of sp³-hybridized carbons (Fsp3) is 0.143. The number of aryl methyl sites for hydroxylation is 1. The SMILES string of the molecule is Cc1cc(Br)ccc1NC(=O)CNC(=O)c1ccc([N+](=O)[O-])s1. The lowest BCUT2D eigenvalue weighted by atomic mass is 10.2. The molecule has 2 aromatic rings. The van der Waals surface area contributed by atoms with E-state index >= 15 is 0 Å². The van der Waals surface area contributed by atoms with Crippen molar-refractivity contribution < 1.29 is 14.5 Å². The van der Waals surface area contributed by atoms with E-state index in [1.807, 2.05) is 13.0 Å². The Hall–Kier alpha value is -2.26. The van der Waals surface area contributed by atoms with Gasteiger partial charge in [0.15, 0.2) is 0 Å². The van der Waals surface area contributed by atoms with Gasteiger partial charge in [0.1, 0.15) is 0 Å². The second kappa shape index (κ2) is 7.34. The summed E-state index contributed by atoms with van der Waals surface area (Å²) in [5, 5.41) is 15.6. The molecule has 9 heteroatoms. The lowest BCUT2D eigenvalue weighted by Crippen LogP contribution is -2.32. The molecule has 0 radical (unpaired) electrons. The Balaban J connectivity index is 1.90. The Morgan fingerprint density at radius 1 is 1.30 bits per heavy atom. The Labute approximate surface area is 144 Å². The monoisotopic (exact) mass is 397 g/mol. The number of nitrogens with zero attached hydrogens (tertiary/aromatic N) is 1. The normalized spacial score (nSPS) is 10.2. The quantitative estimate of drug-likeness (QED) is 0.597. The molecule has 0 saturated heterocycles. The number of rotatable bonds is 5. The molecule has 2 amide bonds. The van der Waals surface area contributed by atoms with Crippen molar-refractivity contribution in [3.8, 4) is 0 Å². The first-order chi connectivity index (χ1) is 10.9. The maximum absolute atomic E-state index is 11.9. The number of amides is 2. The Bertz CT molecular complexity index is 775. The number of carbonyl (C=O) groups excluding carboxylic acids is 2. The minimum Gasteiger partial charge on any atom is -0.342 e. The summed E-state index contributed by atoms with van der Waals surface area (Å²) in [5.74, 6) is -0.902. The zero-order valence-electron chi connectivity index (χ0n) is 12.0. The van der Waals surface area contributed by atoms with E-state index in [-0.39, 0.29) is 22.3 Å². The van der Waals surface area contributed by atoms with Crippen LogP contribution in [0.5, 0.6) is 0 Å². The smallest absolute Gasteiger partial charge is 0.324 e. The first-order valence-corrected chi connectivity index (χ1v) is 8.06. The highest BCUT2D eigenvalue weighted by molar-refractivity contribution is 9.10. The van der Waals surface area contributed by atoms with Crippen molar-refractivity contribution in [1.29, 1.82) is 0 Å². The molecule has 120 valence electrons. The maximum Gasteiger partial charge on any atom is 0.324 e. The Morgan fingerprint density at radius 2 is 2.04 bits per heavy atom. The van der Waals surface area contributed by atoms with Crippen molar-refractivity contribution in [2.45, 2.75) is 6.92 Å². The van der Waals surface area contributed by atoms with Gasteiger partial charge < -0.3 is 10.6 Å². The van der Waals surface area contributed by atoms with E-state index in [9.17, 15) is 19.7 Å². The van der Waals surface area contributed by atoms with Gasteiger partial charge in [-0.15, -0.1) is 0 Å². The average Bonchev–Trinajstić information content (AvgIpc) is 2.98. The number of benzene rings is 1. The highest BCUT2D eigenvalue weighted by atomic mass is 79.9. The van der Waals surface area contributed by atoms with Crippen LogP contribution in [-0.2, 0) is 4.79 Å². The van der Waals surface area contributed by atoms with Crippen LogP contribution >= 0.6 is 27.3 Å². The van der Waals surface area contributed by atoms with E-state index in [0.29, 0.717) is 5.69 Å². The summed E-state index contributed by atoms with van der Waals surface area (Å²) in [6, 6.07) is 8.02. The number of nitro groups is 1. The van der Waals surface area contributed by atoms with Crippen LogP contribution in [0.1, 0.15) is 15.2 Å². The molecular weight excluding hydrogens is 386 g/mol. The minimum atomic E-state index is -0.565. The highest BCUT2D eigenvalue weighted by Crippen LogP contribution is 2.23. The molecule has 7 nitrogen and oxygen atoms in total. The number of anilines is 1. The van der Waals surface area contributed by atoms with Crippen LogP contribution < -0.4 is 10.6 Å². The molecule has 0 aliphatic rings. The van der Waals surface area contributed by atoms with Crippen LogP contribution in [0.4, 0.5) is 10.7 Å². The van der Waals surface area contributed by atoms with Gasteiger partial charge in [-0.05, 0) is 36.8 Å². The molecule has 0 aliphatic heterocycles. The number of hydrogen-bond donors (Lipinski definition) is 2. The van der Waals surface area contributed by atoms with Gasteiger partial charge in [-0.3, -0.25) is 19.7 Å². The molecule has 1 aromatic heterocycles. The molecule has 1 heterocycles. The molecule has 0 bridgehead atoms. The van der Waals surface area contributed by atoms with Crippen LogP contribution in [-0.4, -0.2) is 23.3 Å². The molecular formula is C14H12BrN3O4S. The lowest BCUT2D eigenvalue weighted by Gasteiger charge is -2.09. The number of carbonyl (C=O) groups is 2. The molecule has 0 aliphatic carbocycles. The fourth-order valence-corrected chi connectivity index (χ4v) is 2.97. The van der Waals surface area contributed by atoms with Gasteiger partial charge in [-0.25, -0.2) is 0 Å². The third-order valence-corrected chi connectivity index (χ3v) is 4.40. The van der Waals surface area contributed by atoms with Gasteiger partial charge in [0.25, 0.3) is 5.91 Å². The largest absolute Gasteiger partial charge is 0.342 e. The molecule has 0 atom stereocenters. The third-order valence-electron chi connectivity index (χ3n) is 2.87. The van der Waals surface area contributed by atoms with Crippen LogP contribution in [0.2, 0.25) is 0 Å². The van der Waals surface area contributed by atoms with Gasteiger partial charge >= 0.3 is 5.00 Å². The summed E-state index contributed by atoms with van der Waals surface area (Å²) >= 11 is 4.09. The predicted octanol–water partition coefficient (Wildman–Crippen LogP) is 3.10. The summed E-state index contributed by atoms with van der Waals surface area (Å²) in [7, 11) is 0. The Morgan fingerprint density at radius 3 is 2.65 bits per heavy atom. The standard InChI is InChI=1S/C14H12BrN3O4S/c1-8-6-9(15)2-3-10(8)17-12(19)7-16-14(20)11-4-5-13(23-11)18(21)22/h2-6H,7H2,1H3,(H,16,20)(H,17,19). The Kier molecular flexibility index (Phi) is 5.45. The molecule has 23 heavy (non-hydrogen) atoms. The fourth-order valence-electron chi connectivity index (χ4n) is 1.76. The maximum atomic E-state index is 11.9. The van der Waals surface area contributed by atoms with Gasteiger partial charge in [0, 0.05) is 16.2 Å². The van der Waals surface area contributed by atoms with Crippen LogP contribution in [0.3, 0.4) is 0 Å². The van der Waals surface area contributed by atoms with Crippen LogP contribution in [0, 0.1) is 17.0 Å². The molecule has 1 aromatic carbocycles. The van der Waals surface area contributed by atoms with Crippen molar-refractivity contribution >= 4 is 49.8 Å². The van der Waals surface area contributed by atoms with Gasteiger partial charge in [0.2, 0.25) is 5.91 Å². The van der Waals surface area contributed by atoms with E-state index in [0.717, 1.165) is 21.4 Å². The highest BCUT2D eigenvalue weighted by Gasteiger charge is 2.16. The summed E-state index contributed by atoms with van der Waals surface area (Å²) in [6.07, 6.45) is 0. The summed E-state index contributed by atoms with van der Waals surface area (Å²) in [5.41, 5.74) is 1.53. The molecule has 0 fully saturated rings. The average molecular weight is 398 g/mol. The summed E-state index contributed by atoms with van der Waals surface area (Å²) in [4.78, 5) is 33.9. The zero-order valence-corrected chi connectivity index (χ0v) is 14.4. The van der Waals surface area contributed by atoms with Crippen molar-refractivity contribution in [2.75, 3.05) is 11.9 Å². The van der Waals surface area contributed by atoms with E-state index in [2.05, 4.69) is 26.6 Å². The number of halogens is 1. The van der Waals surface area contributed by atoms with Crippen LogP contribution in [0.15, 0.2) is 34.8 Å². The van der Waals surface area contributed by atoms with E-state index in [1.165, 1.54) is 12.1 Å². The molecule has 2 N–H and O–H groups in total. The molecule has 0 spiro atoms. The predicted molar refractivity (Wildman–Crippen MR) is 90.8 cm³/mol. The summed E-state index contributed by atoms with van der Waals surface area (Å²) in [6.45, 7) is 1.63. The number of thiophene rings is 1. The van der Waals surface area contributed by atoms with Gasteiger partial charge in [-0.2, -0.15) is 0 Å². The first-order valence-electron chi connectivity index (χ1n) is 6.45. The number of nitrogens with one attached hydrogen (secondary N) is 2. The van der Waals surface area contributed by atoms with Gasteiger partial charge in [0.05, 0.1) is 16.3 Å². The lowest BCUT2D eigenvalue weighted by molar-refractivity contribution is -0.380. The van der Waals surface area contributed by atoms with E-state index in [4.69, 9.17) is 0 Å². The van der Waals surface area contributed by atoms with E-state index in [1.54, 1.807) is 12.1 Å². The van der Waals surface area contributed by atoms with Crippen molar-refractivity contribution in [3.05, 3.63) is 55.4 Å². The first kappa shape index (κ1) is 17.1. The number of hydrogen-bond acceptors (Lipinski definition) is 5. The second-order valence-electron chi connectivity index (χ2n) is 4.59. The molecule has 0 unspecified atom stereocenters. The minimum absolute atomic E-state index is 0.120. The van der Waals surface area contributed by atoms with Crippen molar-refractivity contribution in [2.24, 2.45) is 0 Å². The van der Waals surface area contributed by atoms with Crippen molar-refractivity contribution in [1.82, 2.24) is 5.32 Å². The van der Waals surface area contributed by atoms with Crippen LogP contribution in [0.25, 0.3) is 0 Å².